The van der Waals surface area contributed by atoms with E-state index in [9.17, 15) is 0 Å². The molecule has 1 atom stereocenters. The number of hydrogen-bond donors (Lipinski definition) is 1. The molecule has 5 heteroatoms. The van der Waals surface area contributed by atoms with Gasteiger partial charge in [0.15, 0.2) is 0 Å². The molecule has 0 radical (unpaired) electrons. The van der Waals surface area contributed by atoms with Gasteiger partial charge in [-0.15, -0.1) is 0 Å². The van der Waals surface area contributed by atoms with E-state index in [-0.39, 0.29) is 5.92 Å². The standard InChI is InChI=1S/C15H19Cl2N3/c1-3-20-14(15(17)10(2)19-20)8-12(9-18)11-5-4-6-13(16)7-11/h4-7,12H,3,8-9,18H2,1-2H3. The van der Waals surface area contributed by atoms with Crippen molar-refractivity contribution in [1.29, 1.82) is 0 Å². The Balaban J connectivity index is 2.31. The van der Waals surface area contributed by atoms with Crippen LogP contribution in [0.3, 0.4) is 0 Å². The van der Waals surface area contributed by atoms with Crippen LogP contribution >= 0.6 is 23.2 Å². The van der Waals surface area contributed by atoms with Crippen LogP contribution in [0.1, 0.15) is 29.8 Å². The van der Waals surface area contributed by atoms with E-state index in [1.807, 2.05) is 29.8 Å². The fourth-order valence-corrected chi connectivity index (χ4v) is 2.81. The van der Waals surface area contributed by atoms with Crippen LogP contribution in [-0.2, 0) is 13.0 Å². The zero-order valence-corrected chi connectivity index (χ0v) is 13.2. The molecule has 0 saturated carbocycles. The zero-order chi connectivity index (χ0) is 14.7. The maximum Gasteiger partial charge on any atom is 0.0847 e. The molecule has 1 aromatic carbocycles. The number of nitrogens with two attached hydrogens (primary N) is 1. The first-order valence-corrected chi connectivity index (χ1v) is 7.49. The normalized spacial score (nSPS) is 12.7. The molecular formula is C15H19Cl2N3. The number of nitrogens with zero attached hydrogens (tertiary/aromatic N) is 2. The quantitative estimate of drug-likeness (QED) is 0.912. The summed E-state index contributed by atoms with van der Waals surface area (Å²) in [5, 5.41) is 5.92. The van der Waals surface area contributed by atoms with Crippen LogP contribution in [0.15, 0.2) is 24.3 Å². The SMILES string of the molecule is CCn1nc(C)c(Cl)c1CC(CN)c1cccc(Cl)c1. The Kier molecular flexibility index (Phi) is 5.08. The minimum absolute atomic E-state index is 0.188. The molecule has 1 heterocycles. The molecule has 2 N–H and O–H groups in total. The van der Waals surface area contributed by atoms with E-state index in [1.54, 1.807) is 0 Å². The smallest absolute Gasteiger partial charge is 0.0847 e. The van der Waals surface area contributed by atoms with Gasteiger partial charge in [-0.1, -0.05) is 35.3 Å². The number of halogens is 2. The molecule has 0 bridgehead atoms. The molecule has 1 unspecified atom stereocenters. The second kappa shape index (κ2) is 6.61. The first-order chi connectivity index (χ1) is 9.56. The molecule has 0 aliphatic carbocycles. The van der Waals surface area contributed by atoms with Crippen molar-refractivity contribution in [3.05, 3.63) is 51.3 Å². The summed E-state index contributed by atoms with van der Waals surface area (Å²) in [6.45, 7) is 5.33. The molecule has 3 nitrogen and oxygen atoms in total. The van der Waals surface area contributed by atoms with E-state index < -0.39 is 0 Å². The average molecular weight is 312 g/mol. The number of rotatable bonds is 5. The average Bonchev–Trinajstić information content (AvgIpc) is 2.71. The second-order valence-electron chi connectivity index (χ2n) is 4.85. The minimum Gasteiger partial charge on any atom is -0.330 e. The summed E-state index contributed by atoms with van der Waals surface area (Å²) >= 11 is 12.4. The number of aryl methyl sites for hydroxylation is 2. The maximum absolute atomic E-state index is 6.36. The molecule has 0 fully saturated rings. The highest BCUT2D eigenvalue weighted by Crippen LogP contribution is 2.28. The van der Waals surface area contributed by atoms with Crippen molar-refractivity contribution in [2.45, 2.75) is 32.7 Å². The topological polar surface area (TPSA) is 43.8 Å². The Morgan fingerprint density at radius 1 is 1.35 bits per heavy atom. The molecule has 2 rings (SSSR count). The first-order valence-electron chi connectivity index (χ1n) is 6.74. The van der Waals surface area contributed by atoms with Crippen molar-refractivity contribution in [1.82, 2.24) is 9.78 Å². The molecule has 0 saturated heterocycles. The fourth-order valence-electron chi connectivity index (χ4n) is 2.40. The third kappa shape index (κ3) is 3.17. The Bertz CT molecular complexity index is 593. The van der Waals surface area contributed by atoms with E-state index in [1.165, 1.54) is 0 Å². The highest BCUT2D eigenvalue weighted by molar-refractivity contribution is 6.32. The summed E-state index contributed by atoms with van der Waals surface area (Å²) in [5.74, 6) is 0.188. The van der Waals surface area contributed by atoms with Crippen molar-refractivity contribution in [2.75, 3.05) is 6.54 Å². The van der Waals surface area contributed by atoms with Crippen LogP contribution in [0.2, 0.25) is 10.0 Å². The van der Waals surface area contributed by atoms with E-state index >= 15 is 0 Å². The molecule has 20 heavy (non-hydrogen) atoms. The molecule has 1 aromatic heterocycles. The Labute approximate surface area is 129 Å². The first kappa shape index (κ1) is 15.4. The summed E-state index contributed by atoms with van der Waals surface area (Å²) in [5.41, 5.74) is 8.98. The van der Waals surface area contributed by atoms with Gasteiger partial charge >= 0.3 is 0 Å². The summed E-state index contributed by atoms with van der Waals surface area (Å²) in [6, 6.07) is 7.83. The molecule has 0 aliphatic heterocycles. The van der Waals surface area contributed by atoms with Gasteiger partial charge in [0, 0.05) is 17.5 Å². The Morgan fingerprint density at radius 2 is 2.10 bits per heavy atom. The van der Waals surface area contributed by atoms with Crippen LogP contribution < -0.4 is 5.73 Å². The minimum atomic E-state index is 0.188. The molecule has 2 aromatic rings. The van der Waals surface area contributed by atoms with E-state index in [2.05, 4.69) is 18.1 Å². The van der Waals surface area contributed by atoms with Gasteiger partial charge in [-0.3, -0.25) is 4.68 Å². The van der Waals surface area contributed by atoms with Crippen LogP contribution in [0, 0.1) is 6.92 Å². The number of benzene rings is 1. The summed E-state index contributed by atoms with van der Waals surface area (Å²) in [7, 11) is 0. The third-order valence-electron chi connectivity index (χ3n) is 3.50. The molecule has 0 aliphatic rings. The molecular weight excluding hydrogens is 293 g/mol. The second-order valence-corrected chi connectivity index (χ2v) is 5.67. The fraction of sp³-hybridized carbons (Fsp3) is 0.400. The van der Waals surface area contributed by atoms with Crippen LogP contribution in [0.4, 0.5) is 0 Å². The van der Waals surface area contributed by atoms with E-state index in [0.717, 1.165) is 40.0 Å². The van der Waals surface area contributed by atoms with Crippen molar-refractivity contribution in [3.8, 4) is 0 Å². The van der Waals surface area contributed by atoms with Gasteiger partial charge in [0.25, 0.3) is 0 Å². The lowest BCUT2D eigenvalue weighted by Gasteiger charge is -2.16. The van der Waals surface area contributed by atoms with Crippen LogP contribution in [0.25, 0.3) is 0 Å². The van der Waals surface area contributed by atoms with E-state index in [4.69, 9.17) is 28.9 Å². The van der Waals surface area contributed by atoms with Crippen molar-refractivity contribution < 1.29 is 0 Å². The van der Waals surface area contributed by atoms with Crippen molar-refractivity contribution in [2.24, 2.45) is 5.73 Å². The number of aromatic nitrogens is 2. The van der Waals surface area contributed by atoms with Crippen molar-refractivity contribution in [3.63, 3.8) is 0 Å². The lowest BCUT2D eigenvalue weighted by molar-refractivity contribution is 0.583. The Hall–Kier alpha value is -1.03. The highest BCUT2D eigenvalue weighted by Gasteiger charge is 2.18. The van der Waals surface area contributed by atoms with Gasteiger partial charge in [0.05, 0.1) is 16.4 Å². The third-order valence-corrected chi connectivity index (χ3v) is 4.22. The van der Waals surface area contributed by atoms with Gasteiger partial charge in [-0.2, -0.15) is 5.10 Å². The van der Waals surface area contributed by atoms with Gasteiger partial charge in [-0.25, -0.2) is 0 Å². The predicted octanol–water partition coefficient (Wildman–Crippen LogP) is 3.80. The van der Waals surface area contributed by atoms with Gasteiger partial charge in [0.1, 0.15) is 0 Å². The van der Waals surface area contributed by atoms with Crippen LogP contribution in [0.5, 0.6) is 0 Å². The lowest BCUT2D eigenvalue weighted by atomic mass is 9.94. The van der Waals surface area contributed by atoms with E-state index in [0.29, 0.717) is 6.54 Å². The largest absolute Gasteiger partial charge is 0.330 e. The summed E-state index contributed by atoms with van der Waals surface area (Å²) in [6.07, 6.45) is 0.768. The lowest BCUT2D eigenvalue weighted by Crippen LogP contribution is -2.17. The van der Waals surface area contributed by atoms with Crippen molar-refractivity contribution >= 4 is 23.2 Å². The maximum atomic E-state index is 6.36. The Morgan fingerprint density at radius 3 is 2.70 bits per heavy atom. The monoisotopic (exact) mass is 311 g/mol. The highest BCUT2D eigenvalue weighted by atomic mass is 35.5. The van der Waals surface area contributed by atoms with Gasteiger partial charge < -0.3 is 5.73 Å². The molecule has 108 valence electrons. The molecule has 0 spiro atoms. The van der Waals surface area contributed by atoms with Gasteiger partial charge in [-0.05, 0) is 44.5 Å². The summed E-state index contributed by atoms with van der Waals surface area (Å²) in [4.78, 5) is 0. The zero-order valence-electron chi connectivity index (χ0n) is 11.7. The molecule has 0 amide bonds. The summed E-state index contributed by atoms with van der Waals surface area (Å²) < 4.78 is 1.95. The number of hydrogen-bond acceptors (Lipinski definition) is 2. The predicted molar refractivity (Wildman–Crippen MR) is 84.6 cm³/mol. The van der Waals surface area contributed by atoms with Gasteiger partial charge in [0.2, 0.25) is 0 Å². The van der Waals surface area contributed by atoms with Crippen LogP contribution in [-0.4, -0.2) is 16.3 Å².